The highest BCUT2D eigenvalue weighted by atomic mass is 19.1. The first kappa shape index (κ1) is 14.9. The van der Waals surface area contributed by atoms with E-state index < -0.39 is 17.6 Å². The van der Waals surface area contributed by atoms with Crippen molar-refractivity contribution in [3.63, 3.8) is 0 Å². The van der Waals surface area contributed by atoms with Crippen LogP contribution in [0.3, 0.4) is 0 Å². The molecular weight excluding hydrogens is 278 g/mol. The van der Waals surface area contributed by atoms with Gasteiger partial charge in [-0.15, -0.1) is 0 Å². The lowest BCUT2D eigenvalue weighted by atomic mass is 10.1. The maximum atomic E-state index is 13.5. The van der Waals surface area contributed by atoms with Gasteiger partial charge in [0.15, 0.2) is 0 Å². The van der Waals surface area contributed by atoms with E-state index in [0.29, 0.717) is 11.4 Å². The number of nitrogens with one attached hydrogen (secondary N) is 1. The second-order valence-corrected chi connectivity index (χ2v) is 4.45. The third-order valence-electron chi connectivity index (χ3n) is 2.95. The topological polar surface area (TPSA) is 51.2 Å². The summed E-state index contributed by atoms with van der Waals surface area (Å²) in [6.45, 7) is 1.82. The number of halogens is 2. The van der Waals surface area contributed by atoms with Crippen LogP contribution in [0.2, 0.25) is 0 Å². The van der Waals surface area contributed by atoms with E-state index >= 15 is 0 Å². The summed E-state index contributed by atoms with van der Waals surface area (Å²) < 4.78 is 30.9. The first-order valence-corrected chi connectivity index (χ1v) is 6.27. The molecular formula is C15H14F2N2O2. The number of hydrogen-bond acceptors (Lipinski definition) is 4. The summed E-state index contributed by atoms with van der Waals surface area (Å²) in [6, 6.07) is 6.67. The highest BCUT2D eigenvalue weighted by Crippen LogP contribution is 2.21. The second kappa shape index (κ2) is 6.30. The Bertz CT molecular complexity index is 645. The van der Waals surface area contributed by atoms with Gasteiger partial charge in [0.1, 0.15) is 11.6 Å². The molecule has 0 aliphatic heterocycles. The van der Waals surface area contributed by atoms with E-state index in [1.807, 2.05) is 6.92 Å². The molecule has 0 saturated heterocycles. The summed E-state index contributed by atoms with van der Waals surface area (Å²) in [7, 11) is 1.19. The Hall–Kier alpha value is -2.50. The summed E-state index contributed by atoms with van der Waals surface area (Å²) >= 11 is 0. The van der Waals surface area contributed by atoms with E-state index in [9.17, 15) is 13.6 Å². The molecule has 21 heavy (non-hydrogen) atoms. The minimum Gasteiger partial charge on any atom is -0.465 e. The third-order valence-corrected chi connectivity index (χ3v) is 2.95. The lowest BCUT2D eigenvalue weighted by Crippen LogP contribution is -2.10. The minimum absolute atomic E-state index is 0.151. The molecule has 1 atom stereocenters. The highest BCUT2D eigenvalue weighted by Gasteiger charge is 2.14. The second-order valence-electron chi connectivity index (χ2n) is 4.45. The molecule has 2 aromatic rings. The van der Waals surface area contributed by atoms with Gasteiger partial charge < -0.3 is 10.1 Å². The fraction of sp³-hybridized carbons (Fsp3) is 0.200. The lowest BCUT2D eigenvalue weighted by Gasteiger charge is -2.15. The number of anilines is 1. The first-order valence-electron chi connectivity index (χ1n) is 6.27. The van der Waals surface area contributed by atoms with Crippen LogP contribution >= 0.6 is 0 Å². The number of carbonyl (C=O) groups excluding carboxylic acids is 1. The molecule has 110 valence electrons. The van der Waals surface area contributed by atoms with Crippen molar-refractivity contribution >= 4 is 11.7 Å². The van der Waals surface area contributed by atoms with Gasteiger partial charge in [-0.3, -0.25) is 4.98 Å². The number of carbonyl (C=O) groups is 1. The Morgan fingerprint density at radius 1 is 1.29 bits per heavy atom. The molecule has 2 rings (SSSR count). The van der Waals surface area contributed by atoms with Crippen molar-refractivity contribution in [2.45, 2.75) is 13.0 Å². The summed E-state index contributed by atoms with van der Waals surface area (Å²) in [5.74, 6) is -1.82. The van der Waals surface area contributed by atoms with Gasteiger partial charge in [0, 0.05) is 5.69 Å². The normalized spacial score (nSPS) is 11.8. The average molecular weight is 292 g/mol. The van der Waals surface area contributed by atoms with Gasteiger partial charge in [0.05, 0.1) is 30.6 Å². The van der Waals surface area contributed by atoms with E-state index in [1.165, 1.54) is 31.4 Å². The molecule has 0 aliphatic carbocycles. The zero-order valence-electron chi connectivity index (χ0n) is 11.6. The maximum Gasteiger partial charge on any atom is 0.340 e. The van der Waals surface area contributed by atoms with Crippen LogP contribution in [-0.4, -0.2) is 18.1 Å². The van der Waals surface area contributed by atoms with E-state index in [1.54, 1.807) is 6.07 Å². The van der Waals surface area contributed by atoms with Crippen LogP contribution in [0.25, 0.3) is 0 Å². The van der Waals surface area contributed by atoms with Crippen LogP contribution in [0.5, 0.6) is 0 Å². The zero-order chi connectivity index (χ0) is 15.4. The summed E-state index contributed by atoms with van der Waals surface area (Å²) in [5.41, 5.74) is 1.01. The quantitative estimate of drug-likeness (QED) is 0.878. The van der Waals surface area contributed by atoms with Gasteiger partial charge in [0.25, 0.3) is 0 Å². The maximum absolute atomic E-state index is 13.5. The molecule has 0 radical (unpaired) electrons. The Balaban J connectivity index is 2.19. The van der Waals surface area contributed by atoms with Crippen molar-refractivity contribution in [3.8, 4) is 0 Å². The number of rotatable bonds is 4. The molecule has 0 amide bonds. The van der Waals surface area contributed by atoms with Crippen molar-refractivity contribution in [1.82, 2.24) is 4.98 Å². The molecule has 1 unspecified atom stereocenters. The molecule has 0 aliphatic rings. The number of benzene rings is 1. The molecule has 0 bridgehead atoms. The monoisotopic (exact) mass is 292 g/mol. The standard InChI is InChI=1S/C15H14F2N2O2/c1-9(14-6-3-10(16)8-18-14)19-11-4-5-13(17)12(7-11)15(20)21-2/h3-9,19H,1-2H3. The Kier molecular flexibility index (Phi) is 4.47. The van der Waals surface area contributed by atoms with Gasteiger partial charge in [0.2, 0.25) is 0 Å². The number of pyridine rings is 1. The van der Waals surface area contributed by atoms with Crippen LogP contribution in [0.4, 0.5) is 14.5 Å². The van der Waals surface area contributed by atoms with E-state index in [2.05, 4.69) is 15.0 Å². The average Bonchev–Trinajstić information content (AvgIpc) is 2.49. The Morgan fingerprint density at radius 3 is 2.67 bits per heavy atom. The molecule has 4 nitrogen and oxygen atoms in total. The van der Waals surface area contributed by atoms with Gasteiger partial charge in [-0.2, -0.15) is 0 Å². The molecule has 0 spiro atoms. The van der Waals surface area contributed by atoms with Gasteiger partial charge in [-0.1, -0.05) is 0 Å². The third kappa shape index (κ3) is 3.53. The van der Waals surface area contributed by atoms with Crippen molar-refractivity contribution in [2.75, 3.05) is 12.4 Å². The SMILES string of the molecule is COC(=O)c1cc(NC(C)c2ccc(F)cn2)ccc1F. The lowest BCUT2D eigenvalue weighted by molar-refractivity contribution is 0.0595. The Morgan fingerprint density at radius 2 is 2.05 bits per heavy atom. The van der Waals surface area contributed by atoms with Crippen molar-refractivity contribution in [1.29, 1.82) is 0 Å². The zero-order valence-corrected chi connectivity index (χ0v) is 11.6. The number of ether oxygens (including phenoxy) is 1. The molecule has 6 heteroatoms. The molecule has 1 heterocycles. The van der Waals surface area contributed by atoms with Crippen LogP contribution in [0, 0.1) is 11.6 Å². The first-order chi connectivity index (χ1) is 10.0. The Labute approximate surface area is 120 Å². The van der Waals surface area contributed by atoms with Gasteiger partial charge in [-0.25, -0.2) is 13.6 Å². The summed E-state index contributed by atoms with van der Waals surface area (Å²) in [6.07, 6.45) is 1.12. The van der Waals surface area contributed by atoms with Gasteiger partial charge >= 0.3 is 5.97 Å². The van der Waals surface area contributed by atoms with Crippen molar-refractivity contribution in [3.05, 3.63) is 59.4 Å². The summed E-state index contributed by atoms with van der Waals surface area (Å²) in [4.78, 5) is 15.4. The van der Waals surface area contributed by atoms with Gasteiger partial charge in [-0.05, 0) is 37.3 Å². The number of esters is 1. The van der Waals surface area contributed by atoms with Crippen molar-refractivity contribution in [2.24, 2.45) is 0 Å². The molecule has 1 aromatic carbocycles. The fourth-order valence-corrected chi connectivity index (χ4v) is 1.85. The number of methoxy groups -OCH3 is 1. The molecule has 0 saturated carbocycles. The predicted molar refractivity (Wildman–Crippen MR) is 74.0 cm³/mol. The van der Waals surface area contributed by atoms with E-state index in [4.69, 9.17) is 0 Å². The van der Waals surface area contributed by atoms with E-state index in [0.717, 1.165) is 6.20 Å². The fourth-order valence-electron chi connectivity index (χ4n) is 1.85. The smallest absolute Gasteiger partial charge is 0.340 e. The highest BCUT2D eigenvalue weighted by molar-refractivity contribution is 5.90. The number of aromatic nitrogens is 1. The predicted octanol–water partition coefficient (Wildman–Crippen LogP) is 3.32. The molecule has 0 fully saturated rings. The minimum atomic E-state index is -0.747. The number of hydrogen-bond donors (Lipinski definition) is 1. The largest absolute Gasteiger partial charge is 0.465 e. The van der Waals surface area contributed by atoms with Crippen LogP contribution < -0.4 is 5.32 Å². The van der Waals surface area contributed by atoms with Crippen molar-refractivity contribution < 1.29 is 18.3 Å². The van der Waals surface area contributed by atoms with Crippen LogP contribution in [-0.2, 0) is 4.74 Å². The summed E-state index contributed by atoms with van der Waals surface area (Å²) in [5, 5.41) is 3.06. The van der Waals surface area contributed by atoms with E-state index in [-0.39, 0.29) is 11.6 Å². The molecule has 1 aromatic heterocycles. The molecule has 1 N–H and O–H groups in total. The van der Waals surface area contributed by atoms with Crippen LogP contribution in [0.1, 0.15) is 29.0 Å². The van der Waals surface area contributed by atoms with Crippen LogP contribution in [0.15, 0.2) is 36.5 Å². The number of nitrogens with zero attached hydrogens (tertiary/aromatic N) is 1.